The van der Waals surface area contributed by atoms with Crippen LogP contribution in [0, 0.1) is 0 Å². The number of fused-ring (bicyclic) bond motifs is 1. The molecule has 1 aliphatic rings. The molecule has 20 heavy (non-hydrogen) atoms. The fourth-order valence-electron chi connectivity index (χ4n) is 2.75. The number of anilines is 1. The molecule has 1 saturated heterocycles. The molecule has 7 nitrogen and oxygen atoms in total. The van der Waals surface area contributed by atoms with Crippen molar-refractivity contribution in [2.45, 2.75) is 44.3 Å². The third-order valence-electron chi connectivity index (χ3n) is 3.95. The van der Waals surface area contributed by atoms with Gasteiger partial charge in [-0.15, -0.1) is 0 Å². The van der Waals surface area contributed by atoms with Gasteiger partial charge in [-0.2, -0.15) is 0 Å². The number of hydrogen-bond acceptors (Lipinski definition) is 6. The van der Waals surface area contributed by atoms with Gasteiger partial charge in [0.15, 0.2) is 6.23 Å². The van der Waals surface area contributed by atoms with E-state index < -0.39 is 24.0 Å². The largest absolute Gasteiger partial charge is 0.387 e. The molecule has 0 bridgehead atoms. The third kappa shape index (κ3) is 1.71. The van der Waals surface area contributed by atoms with Crippen LogP contribution in [0.25, 0.3) is 11.0 Å². The molecule has 108 valence electrons. The summed E-state index contributed by atoms with van der Waals surface area (Å²) in [4.78, 5) is 8.12. The van der Waals surface area contributed by atoms with Gasteiger partial charge in [0.2, 0.25) is 0 Å². The van der Waals surface area contributed by atoms with E-state index in [1.165, 1.54) is 6.33 Å². The van der Waals surface area contributed by atoms with Crippen LogP contribution in [-0.4, -0.2) is 42.6 Å². The quantitative estimate of drug-likeness (QED) is 0.735. The maximum atomic E-state index is 10.6. The predicted molar refractivity (Wildman–Crippen MR) is 72.8 cm³/mol. The zero-order valence-electron chi connectivity index (χ0n) is 11.4. The second-order valence-corrected chi connectivity index (χ2v) is 5.33. The van der Waals surface area contributed by atoms with E-state index in [0.29, 0.717) is 23.3 Å². The Morgan fingerprint density at radius 2 is 2.25 bits per heavy atom. The fraction of sp³-hybridized carbons (Fsp3) is 0.538. The lowest BCUT2D eigenvalue weighted by atomic mass is 9.95. The Labute approximate surface area is 116 Å². The summed E-state index contributed by atoms with van der Waals surface area (Å²) in [5.41, 5.74) is 4.98. The summed E-state index contributed by atoms with van der Waals surface area (Å²) in [5, 5.41) is 21.4. The van der Waals surface area contributed by atoms with Crippen LogP contribution in [0.3, 0.4) is 0 Å². The fourth-order valence-corrected chi connectivity index (χ4v) is 2.75. The normalized spacial score (nSPS) is 33.9. The number of nitrogens with two attached hydrogens (primary N) is 1. The Morgan fingerprint density at radius 1 is 1.50 bits per heavy atom. The first-order chi connectivity index (χ1) is 9.46. The minimum absolute atomic E-state index is 0.374. The maximum Gasteiger partial charge on any atom is 0.166 e. The van der Waals surface area contributed by atoms with Crippen molar-refractivity contribution >= 4 is 16.9 Å². The molecule has 0 radical (unpaired) electrons. The molecular weight excluding hydrogens is 260 g/mol. The highest BCUT2D eigenvalue weighted by molar-refractivity contribution is 5.86. The van der Waals surface area contributed by atoms with Gasteiger partial charge in [-0.1, -0.05) is 6.92 Å². The molecular formula is C13H18N4O3. The molecule has 0 aromatic carbocycles. The standard InChI is InChI=1S/C13H18N4O3/c1-3-8-9(18)13(2,19)12(20-8)17-5-4-7-10(14)15-6-16-11(7)17/h4-6,8-9,12,18-19H,3H2,1-2H3,(H2,14,15,16)/t8-,9-,12-,13-/m1/s1. The SMILES string of the molecule is CC[C@H]1O[C@@H](n2ccc3c(N)ncnc32)[C@](C)(O)[C@@H]1O. The molecule has 0 aliphatic carbocycles. The van der Waals surface area contributed by atoms with E-state index in [0.717, 1.165) is 0 Å². The van der Waals surface area contributed by atoms with Crippen molar-refractivity contribution in [1.29, 1.82) is 0 Å². The van der Waals surface area contributed by atoms with Crippen LogP contribution >= 0.6 is 0 Å². The van der Waals surface area contributed by atoms with Gasteiger partial charge < -0.3 is 25.3 Å². The lowest BCUT2D eigenvalue weighted by Crippen LogP contribution is -2.43. The van der Waals surface area contributed by atoms with Gasteiger partial charge >= 0.3 is 0 Å². The zero-order valence-corrected chi connectivity index (χ0v) is 11.4. The van der Waals surface area contributed by atoms with Crippen LogP contribution in [0.1, 0.15) is 26.5 Å². The number of aliphatic hydroxyl groups excluding tert-OH is 1. The maximum absolute atomic E-state index is 10.6. The van der Waals surface area contributed by atoms with Gasteiger partial charge in [-0.05, 0) is 19.4 Å². The smallest absolute Gasteiger partial charge is 0.166 e. The molecule has 7 heteroatoms. The predicted octanol–water partition coefficient (Wildman–Crippen LogP) is 0.433. The van der Waals surface area contributed by atoms with E-state index in [1.807, 2.05) is 6.92 Å². The van der Waals surface area contributed by atoms with E-state index >= 15 is 0 Å². The van der Waals surface area contributed by atoms with Crippen molar-refractivity contribution in [3.8, 4) is 0 Å². The topological polar surface area (TPSA) is 106 Å². The second kappa shape index (κ2) is 4.41. The molecule has 1 aliphatic heterocycles. The number of ether oxygens (including phenoxy) is 1. The number of rotatable bonds is 2. The Kier molecular flexibility index (Phi) is 2.93. The number of aliphatic hydroxyl groups is 2. The van der Waals surface area contributed by atoms with Crippen LogP contribution in [0.15, 0.2) is 18.6 Å². The van der Waals surface area contributed by atoms with Crippen molar-refractivity contribution in [3.63, 3.8) is 0 Å². The summed E-state index contributed by atoms with van der Waals surface area (Å²) in [6, 6.07) is 1.77. The Bertz CT molecular complexity index is 640. The van der Waals surface area contributed by atoms with Gasteiger partial charge in [0.25, 0.3) is 0 Å². The number of aromatic nitrogens is 3. The molecule has 3 rings (SSSR count). The van der Waals surface area contributed by atoms with Crippen molar-refractivity contribution in [2.24, 2.45) is 0 Å². The average molecular weight is 278 g/mol. The van der Waals surface area contributed by atoms with Gasteiger partial charge in [-0.3, -0.25) is 0 Å². The molecule has 4 atom stereocenters. The number of hydrogen-bond donors (Lipinski definition) is 3. The van der Waals surface area contributed by atoms with E-state index in [1.54, 1.807) is 23.8 Å². The van der Waals surface area contributed by atoms with Gasteiger partial charge in [0, 0.05) is 6.20 Å². The minimum atomic E-state index is -1.40. The van der Waals surface area contributed by atoms with Gasteiger partial charge in [0.1, 0.15) is 29.5 Å². The lowest BCUT2D eigenvalue weighted by molar-refractivity contribution is -0.0937. The monoisotopic (exact) mass is 278 g/mol. The highest BCUT2D eigenvalue weighted by atomic mass is 16.6. The van der Waals surface area contributed by atoms with Crippen molar-refractivity contribution in [1.82, 2.24) is 14.5 Å². The zero-order chi connectivity index (χ0) is 14.5. The summed E-state index contributed by atoms with van der Waals surface area (Å²) in [6.07, 6.45) is 1.64. The first-order valence-electron chi connectivity index (χ1n) is 6.59. The van der Waals surface area contributed by atoms with Crippen LogP contribution in [0.4, 0.5) is 5.82 Å². The van der Waals surface area contributed by atoms with Crippen LogP contribution in [-0.2, 0) is 4.74 Å². The molecule has 0 unspecified atom stereocenters. The second-order valence-electron chi connectivity index (χ2n) is 5.33. The average Bonchev–Trinajstić information content (AvgIpc) is 2.92. The van der Waals surface area contributed by atoms with E-state index in [9.17, 15) is 10.2 Å². The molecule has 4 N–H and O–H groups in total. The van der Waals surface area contributed by atoms with E-state index in [4.69, 9.17) is 10.5 Å². The van der Waals surface area contributed by atoms with E-state index in [-0.39, 0.29) is 0 Å². The molecule has 0 amide bonds. The molecule has 2 aromatic rings. The summed E-state index contributed by atoms with van der Waals surface area (Å²) < 4.78 is 7.48. The van der Waals surface area contributed by atoms with E-state index in [2.05, 4.69) is 9.97 Å². The summed E-state index contributed by atoms with van der Waals surface area (Å²) >= 11 is 0. The molecule has 3 heterocycles. The van der Waals surface area contributed by atoms with Crippen molar-refractivity contribution < 1.29 is 14.9 Å². The highest BCUT2D eigenvalue weighted by Gasteiger charge is 2.52. The first-order valence-corrected chi connectivity index (χ1v) is 6.59. The van der Waals surface area contributed by atoms with Gasteiger partial charge in [0.05, 0.1) is 11.5 Å². The van der Waals surface area contributed by atoms with Crippen LogP contribution < -0.4 is 5.73 Å². The highest BCUT2D eigenvalue weighted by Crippen LogP contribution is 2.40. The molecule has 0 spiro atoms. The molecule has 1 fully saturated rings. The minimum Gasteiger partial charge on any atom is -0.387 e. The van der Waals surface area contributed by atoms with Gasteiger partial charge in [-0.25, -0.2) is 9.97 Å². The summed E-state index contributed by atoms with van der Waals surface area (Å²) in [6.45, 7) is 3.47. The van der Waals surface area contributed by atoms with Crippen molar-refractivity contribution in [3.05, 3.63) is 18.6 Å². The number of nitrogen functional groups attached to an aromatic ring is 1. The lowest BCUT2D eigenvalue weighted by Gasteiger charge is -2.27. The van der Waals surface area contributed by atoms with Crippen LogP contribution in [0.2, 0.25) is 0 Å². The number of nitrogens with zero attached hydrogens (tertiary/aromatic N) is 3. The third-order valence-corrected chi connectivity index (χ3v) is 3.95. The summed E-state index contributed by atoms with van der Waals surface area (Å²) in [5.74, 6) is 0.374. The Morgan fingerprint density at radius 3 is 2.90 bits per heavy atom. The molecule has 2 aromatic heterocycles. The Balaban J connectivity index is 2.10. The Hall–Kier alpha value is -1.70. The molecule has 0 saturated carbocycles. The van der Waals surface area contributed by atoms with Crippen LogP contribution in [0.5, 0.6) is 0 Å². The summed E-state index contributed by atoms with van der Waals surface area (Å²) in [7, 11) is 0. The van der Waals surface area contributed by atoms with Crippen molar-refractivity contribution in [2.75, 3.05) is 5.73 Å². The first kappa shape index (κ1) is 13.3.